The lowest BCUT2D eigenvalue weighted by atomic mass is 9.83. The third-order valence-corrected chi connectivity index (χ3v) is 7.41. The van der Waals surface area contributed by atoms with E-state index in [1.165, 1.54) is 0 Å². The van der Waals surface area contributed by atoms with Gasteiger partial charge in [0.2, 0.25) is 5.91 Å². The Kier molecular flexibility index (Phi) is 6.61. The van der Waals surface area contributed by atoms with E-state index in [9.17, 15) is 9.59 Å². The molecule has 31 heavy (non-hydrogen) atoms. The molecule has 2 fully saturated rings. The molecule has 1 aliphatic carbocycles. The predicted molar refractivity (Wildman–Crippen MR) is 122 cm³/mol. The molecule has 0 bridgehead atoms. The van der Waals surface area contributed by atoms with Crippen molar-refractivity contribution in [3.63, 3.8) is 0 Å². The number of benzene rings is 1. The number of pyridine rings is 1. The molecular formula is C24H27N3O3S. The first-order valence-corrected chi connectivity index (χ1v) is 11.4. The fraction of sp³-hybridized carbons (Fsp3) is 0.375. The molecule has 2 amide bonds. The van der Waals surface area contributed by atoms with Crippen molar-refractivity contribution >= 4 is 29.7 Å². The second kappa shape index (κ2) is 9.56. The Bertz CT molecular complexity index is 979. The Labute approximate surface area is 187 Å². The largest absolute Gasteiger partial charge is 0.497 e. The van der Waals surface area contributed by atoms with E-state index < -0.39 is 0 Å². The number of carbonyl (C=O) groups is 2. The number of likely N-dealkylation sites (N-methyl/N-ethyl adjacent to an activating group) is 1. The second-order valence-electron chi connectivity index (χ2n) is 8.01. The normalized spacial score (nSPS) is 24.6. The van der Waals surface area contributed by atoms with E-state index in [-0.39, 0.29) is 23.8 Å². The molecule has 162 valence electrons. The van der Waals surface area contributed by atoms with Gasteiger partial charge in [-0.25, -0.2) is 0 Å². The maximum absolute atomic E-state index is 13.0. The first-order chi connectivity index (χ1) is 15.0. The lowest BCUT2D eigenvalue weighted by Gasteiger charge is -2.44. The van der Waals surface area contributed by atoms with Crippen molar-refractivity contribution in [1.82, 2.24) is 15.2 Å². The summed E-state index contributed by atoms with van der Waals surface area (Å²) in [6.07, 6.45) is 7.86. The predicted octanol–water partition coefficient (Wildman–Crippen LogP) is 3.49. The number of thioether (sulfide) groups is 1. The highest BCUT2D eigenvalue weighted by Gasteiger charge is 2.42. The van der Waals surface area contributed by atoms with Crippen molar-refractivity contribution < 1.29 is 14.3 Å². The minimum atomic E-state index is -0.0716. The van der Waals surface area contributed by atoms with Crippen LogP contribution in [0.1, 0.15) is 30.4 Å². The van der Waals surface area contributed by atoms with Gasteiger partial charge in [0.25, 0.3) is 5.91 Å². The van der Waals surface area contributed by atoms with Gasteiger partial charge in [0.05, 0.1) is 12.0 Å². The molecule has 3 unspecified atom stereocenters. The van der Waals surface area contributed by atoms with Crippen molar-refractivity contribution in [3.8, 4) is 5.75 Å². The Morgan fingerprint density at radius 3 is 2.97 bits per heavy atom. The molecular weight excluding hydrogens is 410 g/mol. The molecule has 3 atom stereocenters. The monoisotopic (exact) mass is 437 g/mol. The van der Waals surface area contributed by atoms with E-state index in [0.717, 1.165) is 34.6 Å². The smallest absolute Gasteiger partial charge is 0.260 e. The summed E-state index contributed by atoms with van der Waals surface area (Å²) in [5, 5.41) is 3.34. The van der Waals surface area contributed by atoms with Gasteiger partial charge in [-0.2, -0.15) is 0 Å². The number of methoxy groups -OCH3 is 1. The number of hydrogen-bond acceptors (Lipinski definition) is 5. The van der Waals surface area contributed by atoms with E-state index in [4.69, 9.17) is 4.74 Å². The van der Waals surface area contributed by atoms with Gasteiger partial charge in [0.15, 0.2) is 0 Å². The third kappa shape index (κ3) is 4.93. The van der Waals surface area contributed by atoms with Gasteiger partial charge in [-0.1, -0.05) is 18.2 Å². The van der Waals surface area contributed by atoms with E-state index in [2.05, 4.69) is 10.3 Å². The van der Waals surface area contributed by atoms with E-state index in [1.54, 1.807) is 31.3 Å². The van der Waals surface area contributed by atoms with Gasteiger partial charge in [0, 0.05) is 43.2 Å². The molecule has 1 saturated heterocycles. The number of aromatic nitrogens is 1. The first-order valence-electron chi connectivity index (χ1n) is 10.5. The highest BCUT2D eigenvalue weighted by Crippen LogP contribution is 2.43. The quantitative estimate of drug-likeness (QED) is 0.725. The Morgan fingerprint density at radius 2 is 2.19 bits per heavy atom. The van der Waals surface area contributed by atoms with Crippen molar-refractivity contribution in [2.24, 2.45) is 5.92 Å². The van der Waals surface area contributed by atoms with Crippen molar-refractivity contribution in [2.45, 2.75) is 37.1 Å². The van der Waals surface area contributed by atoms with Crippen LogP contribution in [0, 0.1) is 5.92 Å². The maximum Gasteiger partial charge on any atom is 0.260 e. The average Bonchev–Trinajstić information content (AvgIpc) is 2.81. The van der Waals surface area contributed by atoms with Crippen LogP contribution in [0.2, 0.25) is 0 Å². The minimum absolute atomic E-state index is 0.0190. The van der Waals surface area contributed by atoms with E-state index in [1.807, 2.05) is 54.4 Å². The lowest BCUT2D eigenvalue weighted by molar-refractivity contribution is -0.132. The summed E-state index contributed by atoms with van der Waals surface area (Å²) >= 11 is 1.65. The van der Waals surface area contributed by atoms with Crippen LogP contribution in [0.25, 0.3) is 6.08 Å². The molecule has 2 aliphatic rings. The summed E-state index contributed by atoms with van der Waals surface area (Å²) in [7, 11) is 3.49. The standard InChI is InChI=1S/C24H27N3O3S/c1-27-20-13-18(23(28)26-15-17-6-4-10-25-14-17)8-9-21(20)31-22(24(27)29)12-16-5-3-7-19(11-16)30-2/h3-7,10-12,14,18,20-21H,8-9,13,15H2,1-2H3,(H,26,28)/b22-12-. The number of hydrogen-bond donors (Lipinski definition) is 1. The topological polar surface area (TPSA) is 71.5 Å². The van der Waals surface area contributed by atoms with Gasteiger partial charge >= 0.3 is 0 Å². The summed E-state index contributed by atoms with van der Waals surface area (Å²) in [5.74, 6) is 0.778. The first kappa shape index (κ1) is 21.4. The Balaban J connectivity index is 1.40. The van der Waals surface area contributed by atoms with Gasteiger partial charge in [-0.3, -0.25) is 14.6 Å². The lowest BCUT2D eigenvalue weighted by Crippen LogP contribution is -2.52. The summed E-state index contributed by atoms with van der Waals surface area (Å²) in [5.41, 5.74) is 1.93. The molecule has 1 saturated carbocycles. The molecule has 6 nitrogen and oxygen atoms in total. The molecule has 0 spiro atoms. The molecule has 2 aromatic rings. The maximum atomic E-state index is 13.0. The molecule has 1 aliphatic heterocycles. The third-order valence-electron chi connectivity index (χ3n) is 6.01. The number of amides is 2. The molecule has 0 radical (unpaired) electrons. The van der Waals surface area contributed by atoms with Gasteiger partial charge < -0.3 is 15.0 Å². The molecule has 2 heterocycles. The molecule has 4 rings (SSSR count). The zero-order chi connectivity index (χ0) is 21.8. The van der Waals surface area contributed by atoms with Crippen molar-refractivity contribution in [1.29, 1.82) is 0 Å². The summed E-state index contributed by atoms with van der Waals surface area (Å²) in [6.45, 7) is 0.480. The Hall–Kier alpha value is -2.80. The van der Waals surface area contributed by atoms with Crippen molar-refractivity contribution in [3.05, 3.63) is 64.8 Å². The number of nitrogens with zero attached hydrogens (tertiary/aromatic N) is 2. The molecule has 1 aromatic heterocycles. The van der Waals surface area contributed by atoms with Crippen LogP contribution in [0.3, 0.4) is 0 Å². The van der Waals surface area contributed by atoms with E-state index >= 15 is 0 Å². The van der Waals surface area contributed by atoms with Crippen LogP contribution in [-0.2, 0) is 16.1 Å². The van der Waals surface area contributed by atoms with Crippen molar-refractivity contribution in [2.75, 3.05) is 14.2 Å². The van der Waals surface area contributed by atoms with Crippen LogP contribution in [0.5, 0.6) is 5.75 Å². The van der Waals surface area contributed by atoms with Crippen LogP contribution in [0.4, 0.5) is 0 Å². The Morgan fingerprint density at radius 1 is 1.32 bits per heavy atom. The van der Waals surface area contributed by atoms with Crippen LogP contribution in [0.15, 0.2) is 53.7 Å². The van der Waals surface area contributed by atoms with Gasteiger partial charge in [-0.05, 0) is 54.7 Å². The zero-order valence-corrected chi connectivity index (χ0v) is 18.6. The fourth-order valence-electron chi connectivity index (χ4n) is 4.25. The number of nitrogens with one attached hydrogen (secondary N) is 1. The highest BCUT2D eigenvalue weighted by molar-refractivity contribution is 8.04. The number of carbonyl (C=O) groups excluding carboxylic acids is 2. The summed E-state index contributed by atoms with van der Waals surface area (Å²) in [6, 6.07) is 11.6. The van der Waals surface area contributed by atoms with Crippen LogP contribution in [-0.4, -0.2) is 47.1 Å². The summed E-state index contributed by atoms with van der Waals surface area (Å²) < 4.78 is 5.29. The SMILES string of the molecule is COc1cccc(/C=C2\SC3CCC(C(=O)NCc4cccnc4)CC3N(C)C2=O)c1. The van der Waals surface area contributed by atoms with Crippen LogP contribution >= 0.6 is 11.8 Å². The molecule has 7 heteroatoms. The van der Waals surface area contributed by atoms with Gasteiger partial charge in [0.1, 0.15) is 5.75 Å². The van der Waals surface area contributed by atoms with Gasteiger partial charge in [-0.15, -0.1) is 11.8 Å². The second-order valence-corrected chi connectivity index (χ2v) is 9.29. The van der Waals surface area contributed by atoms with E-state index in [0.29, 0.717) is 18.2 Å². The number of rotatable bonds is 5. The average molecular weight is 438 g/mol. The number of ether oxygens (including phenoxy) is 1. The molecule has 1 N–H and O–H groups in total. The van der Waals surface area contributed by atoms with Crippen LogP contribution < -0.4 is 10.1 Å². The zero-order valence-electron chi connectivity index (χ0n) is 17.8. The fourth-order valence-corrected chi connectivity index (χ4v) is 5.73. The minimum Gasteiger partial charge on any atom is -0.497 e. The number of fused-ring (bicyclic) bond motifs is 1. The highest BCUT2D eigenvalue weighted by atomic mass is 32.2. The summed E-state index contributed by atoms with van der Waals surface area (Å²) in [4.78, 5) is 32.4. The molecule has 1 aromatic carbocycles.